The van der Waals surface area contributed by atoms with E-state index in [-0.39, 0.29) is 18.4 Å². The Bertz CT molecular complexity index is 1160. The van der Waals surface area contributed by atoms with Gasteiger partial charge < -0.3 is 15.0 Å². The summed E-state index contributed by atoms with van der Waals surface area (Å²) in [5, 5.41) is 2.83. The number of ether oxygens (including phenoxy) is 1. The molecule has 2 saturated heterocycles. The van der Waals surface area contributed by atoms with E-state index < -0.39 is 35.2 Å². The molecule has 8 heteroatoms. The largest absolute Gasteiger partial charge is 0.497 e. The van der Waals surface area contributed by atoms with Crippen molar-refractivity contribution in [1.29, 1.82) is 0 Å². The third kappa shape index (κ3) is 2.43. The zero-order chi connectivity index (χ0) is 22.8. The highest BCUT2D eigenvalue weighted by atomic mass is 16.5. The lowest BCUT2D eigenvalue weighted by Crippen LogP contribution is -2.58. The van der Waals surface area contributed by atoms with Crippen molar-refractivity contribution in [3.05, 3.63) is 59.7 Å². The second-order valence-electron chi connectivity index (χ2n) is 8.46. The van der Waals surface area contributed by atoms with Crippen molar-refractivity contribution in [1.82, 2.24) is 9.80 Å². The number of methoxy groups -OCH3 is 1. The smallest absolute Gasteiger partial charge is 0.257 e. The van der Waals surface area contributed by atoms with Gasteiger partial charge in [0.05, 0.1) is 36.2 Å². The zero-order valence-electron chi connectivity index (χ0n) is 18.0. The third-order valence-corrected chi connectivity index (χ3v) is 7.02. The van der Waals surface area contributed by atoms with E-state index in [1.165, 1.54) is 9.80 Å². The molecule has 8 nitrogen and oxygen atoms in total. The molecule has 0 aromatic heterocycles. The second-order valence-corrected chi connectivity index (χ2v) is 8.46. The molecule has 0 aliphatic carbocycles. The number of hydrogen-bond donors (Lipinski definition) is 1. The Labute approximate surface area is 185 Å². The van der Waals surface area contributed by atoms with E-state index in [0.29, 0.717) is 22.6 Å². The summed E-state index contributed by atoms with van der Waals surface area (Å²) in [6.07, 6.45) is 0. The molecule has 4 atom stereocenters. The molecule has 1 N–H and O–H groups in total. The standard InChI is InChI=1S/C24H23N3O5/c1-4-26-21(29)17-18(22(26)30)24(2)23(31)25-16-8-6-5-7-15(16)20(28)27(24)19(17)13-9-11-14(32-3)12-10-13/h5-12,17-19H,4H2,1-3H3,(H,25,31)/t17-,18-,19-,24-/m1/s1. The molecule has 2 aromatic rings. The second kappa shape index (κ2) is 6.91. The number of nitrogens with one attached hydrogen (secondary N) is 1. The van der Waals surface area contributed by atoms with E-state index in [9.17, 15) is 19.2 Å². The van der Waals surface area contributed by atoms with Crippen molar-refractivity contribution in [2.24, 2.45) is 11.8 Å². The normalized spacial score (nSPS) is 28.8. The summed E-state index contributed by atoms with van der Waals surface area (Å²) in [5.41, 5.74) is -0.131. The van der Waals surface area contributed by atoms with Crippen molar-refractivity contribution >= 4 is 29.3 Å². The minimum atomic E-state index is -1.53. The Hall–Kier alpha value is -3.68. The van der Waals surface area contributed by atoms with Crippen LogP contribution in [-0.2, 0) is 14.4 Å². The maximum absolute atomic E-state index is 13.8. The van der Waals surface area contributed by atoms with Gasteiger partial charge in [-0.05, 0) is 43.7 Å². The van der Waals surface area contributed by atoms with Crippen LogP contribution in [0.3, 0.4) is 0 Å². The van der Waals surface area contributed by atoms with Gasteiger partial charge in [0.2, 0.25) is 11.8 Å². The molecule has 3 heterocycles. The number of anilines is 1. The monoisotopic (exact) mass is 433 g/mol. The number of carbonyl (C=O) groups is 4. The van der Waals surface area contributed by atoms with Crippen molar-refractivity contribution in [3.63, 3.8) is 0 Å². The number of benzene rings is 2. The van der Waals surface area contributed by atoms with Crippen LogP contribution in [0.4, 0.5) is 5.69 Å². The fourth-order valence-corrected chi connectivity index (χ4v) is 5.47. The lowest BCUT2D eigenvalue weighted by atomic mass is 9.79. The summed E-state index contributed by atoms with van der Waals surface area (Å²) < 4.78 is 5.25. The lowest BCUT2D eigenvalue weighted by Gasteiger charge is -2.38. The molecular formula is C24H23N3O5. The molecule has 4 amide bonds. The number of hydrogen-bond acceptors (Lipinski definition) is 5. The van der Waals surface area contributed by atoms with Crippen LogP contribution in [0, 0.1) is 11.8 Å². The van der Waals surface area contributed by atoms with Gasteiger partial charge in [-0.3, -0.25) is 24.1 Å². The first-order chi connectivity index (χ1) is 15.3. The predicted octanol–water partition coefficient (Wildman–Crippen LogP) is 2.22. The van der Waals surface area contributed by atoms with Crippen LogP contribution in [0.1, 0.15) is 35.8 Å². The topological polar surface area (TPSA) is 96.0 Å². The molecule has 32 heavy (non-hydrogen) atoms. The Morgan fingerprint density at radius 3 is 2.34 bits per heavy atom. The summed E-state index contributed by atoms with van der Waals surface area (Å²) in [6, 6.07) is 13.0. The summed E-state index contributed by atoms with van der Waals surface area (Å²) in [5.74, 6) is -2.82. The van der Waals surface area contributed by atoms with Crippen LogP contribution in [0.2, 0.25) is 0 Å². The first-order valence-electron chi connectivity index (χ1n) is 10.6. The van der Waals surface area contributed by atoms with E-state index in [4.69, 9.17) is 4.74 Å². The summed E-state index contributed by atoms with van der Waals surface area (Å²) in [6.45, 7) is 3.54. The molecule has 0 bridgehead atoms. The average molecular weight is 433 g/mol. The van der Waals surface area contributed by atoms with Crippen molar-refractivity contribution < 1.29 is 23.9 Å². The first kappa shape index (κ1) is 20.2. The number of likely N-dealkylation sites (tertiary alicyclic amines) is 1. The van der Waals surface area contributed by atoms with Crippen LogP contribution < -0.4 is 10.1 Å². The number of amides is 4. The van der Waals surface area contributed by atoms with Gasteiger partial charge in [0.15, 0.2) is 0 Å². The van der Waals surface area contributed by atoms with Crippen LogP contribution >= 0.6 is 0 Å². The van der Waals surface area contributed by atoms with Gasteiger partial charge in [-0.2, -0.15) is 0 Å². The van der Waals surface area contributed by atoms with Crippen molar-refractivity contribution in [2.45, 2.75) is 25.4 Å². The van der Waals surface area contributed by atoms with Crippen LogP contribution in [0.15, 0.2) is 48.5 Å². The highest BCUT2D eigenvalue weighted by Crippen LogP contribution is 2.56. The molecule has 0 radical (unpaired) electrons. The minimum Gasteiger partial charge on any atom is -0.497 e. The lowest BCUT2D eigenvalue weighted by molar-refractivity contribution is -0.144. The van der Waals surface area contributed by atoms with Gasteiger partial charge in [-0.25, -0.2) is 0 Å². The van der Waals surface area contributed by atoms with Gasteiger partial charge in [-0.1, -0.05) is 24.3 Å². The average Bonchev–Trinajstić information content (AvgIpc) is 3.20. The molecule has 0 saturated carbocycles. The Morgan fingerprint density at radius 2 is 1.69 bits per heavy atom. The van der Waals surface area contributed by atoms with Crippen LogP contribution in [0.5, 0.6) is 5.75 Å². The summed E-state index contributed by atoms with van der Waals surface area (Å²) in [7, 11) is 1.55. The van der Waals surface area contributed by atoms with Gasteiger partial charge in [-0.15, -0.1) is 0 Å². The van der Waals surface area contributed by atoms with Gasteiger partial charge in [0.25, 0.3) is 11.8 Å². The molecule has 3 aliphatic rings. The summed E-state index contributed by atoms with van der Waals surface area (Å²) >= 11 is 0. The van der Waals surface area contributed by atoms with E-state index in [1.54, 1.807) is 69.5 Å². The van der Waals surface area contributed by atoms with Crippen LogP contribution in [0.25, 0.3) is 0 Å². The minimum absolute atomic E-state index is 0.214. The van der Waals surface area contributed by atoms with Gasteiger partial charge >= 0.3 is 0 Å². The van der Waals surface area contributed by atoms with E-state index in [0.717, 1.165) is 0 Å². The predicted molar refractivity (Wildman–Crippen MR) is 115 cm³/mol. The van der Waals surface area contributed by atoms with Gasteiger partial charge in [0, 0.05) is 6.54 Å². The Balaban J connectivity index is 1.76. The fourth-order valence-electron chi connectivity index (χ4n) is 5.47. The number of fused-ring (bicyclic) bond motifs is 4. The number of para-hydroxylation sites is 1. The highest BCUT2D eigenvalue weighted by Gasteiger charge is 2.71. The fraction of sp³-hybridized carbons (Fsp3) is 0.333. The van der Waals surface area contributed by atoms with Crippen LogP contribution in [-0.4, -0.2) is 52.6 Å². The Morgan fingerprint density at radius 1 is 1.00 bits per heavy atom. The molecule has 0 unspecified atom stereocenters. The zero-order valence-corrected chi connectivity index (χ0v) is 18.0. The van der Waals surface area contributed by atoms with E-state index in [1.807, 2.05) is 0 Å². The molecule has 3 aliphatic heterocycles. The van der Waals surface area contributed by atoms with Crippen molar-refractivity contribution in [2.75, 3.05) is 19.0 Å². The molecule has 5 rings (SSSR count). The maximum atomic E-state index is 13.8. The molecule has 164 valence electrons. The number of carbonyl (C=O) groups excluding carboxylic acids is 4. The van der Waals surface area contributed by atoms with E-state index in [2.05, 4.69) is 5.32 Å². The highest BCUT2D eigenvalue weighted by molar-refractivity contribution is 6.17. The first-order valence-corrected chi connectivity index (χ1v) is 10.6. The molecule has 0 spiro atoms. The molecule has 2 fully saturated rings. The van der Waals surface area contributed by atoms with E-state index >= 15 is 0 Å². The van der Waals surface area contributed by atoms with Gasteiger partial charge in [0.1, 0.15) is 11.3 Å². The quantitative estimate of drug-likeness (QED) is 0.749. The number of imide groups is 1. The maximum Gasteiger partial charge on any atom is 0.257 e. The third-order valence-electron chi connectivity index (χ3n) is 7.02. The molecular weight excluding hydrogens is 410 g/mol. The van der Waals surface area contributed by atoms with Crippen molar-refractivity contribution in [3.8, 4) is 5.75 Å². The molecule has 2 aromatic carbocycles. The SMILES string of the molecule is CCN1C(=O)[C@H]2[C@@H](c3ccc(OC)cc3)N3C(=O)c4ccccc4NC(=O)[C@@]3(C)[C@H]2C1=O. The number of nitrogens with zero attached hydrogens (tertiary/aromatic N) is 2. The number of rotatable bonds is 3. The Kier molecular flexibility index (Phi) is 4.37. The summed E-state index contributed by atoms with van der Waals surface area (Å²) in [4.78, 5) is 56.8.